The molecule has 0 aliphatic carbocycles. The van der Waals surface area contributed by atoms with Gasteiger partial charge in [0, 0.05) is 6.07 Å². The van der Waals surface area contributed by atoms with Gasteiger partial charge in [0.15, 0.2) is 23.0 Å². The summed E-state index contributed by atoms with van der Waals surface area (Å²) < 4.78 is 10.3. The van der Waals surface area contributed by atoms with E-state index in [1.54, 1.807) is 7.11 Å². The van der Waals surface area contributed by atoms with Gasteiger partial charge in [-0.15, -0.1) is 0 Å². The Morgan fingerprint density at radius 2 is 1.77 bits per heavy atom. The maximum absolute atomic E-state index is 5.16. The molecule has 0 radical (unpaired) electrons. The largest absolute Gasteiger partial charge is 0.497 e. The van der Waals surface area contributed by atoms with Gasteiger partial charge in [-0.3, -0.25) is 0 Å². The van der Waals surface area contributed by atoms with Gasteiger partial charge in [-0.05, 0) is 23.6 Å². The van der Waals surface area contributed by atoms with E-state index in [2.05, 4.69) is 13.8 Å². The molecule has 0 unspecified atom stereocenters. The maximum atomic E-state index is 5.16. The molecule has 0 bridgehead atoms. The highest BCUT2D eigenvalue weighted by Crippen LogP contribution is 2.27. The van der Waals surface area contributed by atoms with Crippen molar-refractivity contribution in [2.75, 3.05) is 7.11 Å². The quantitative estimate of drug-likeness (QED) is 0.793. The molecule has 2 nitrogen and oxygen atoms in total. The van der Waals surface area contributed by atoms with Gasteiger partial charge in [-0.2, -0.15) is 0 Å². The van der Waals surface area contributed by atoms with Crippen LogP contribution in [0.4, 0.5) is 0 Å². The molecule has 1 rings (SSSR count). The second kappa shape index (κ2) is 4.69. The van der Waals surface area contributed by atoms with Crippen LogP contribution in [0.5, 0.6) is 11.5 Å². The van der Waals surface area contributed by atoms with Crippen molar-refractivity contribution in [1.29, 1.82) is 0 Å². The highest BCUT2D eigenvalue weighted by Gasteiger charge is 2.04. The maximum Gasteiger partial charge on any atom is 0.192 e. The van der Waals surface area contributed by atoms with Gasteiger partial charge in [0.2, 0.25) is 0 Å². The third kappa shape index (κ3) is 2.76. The van der Waals surface area contributed by atoms with Crippen molar-refractivity contribution >= 4 is 23.0 Å². The predicted molar refractivity (Wildman–Crippen MR) is 61.7 cm³/mol. The number of rotatable bonds is 3. The monoisotopic (exact) mass is 292 g/mol. The van der Waals surface area contributed by atoms with Crippen molar-refractivity contribution in [3.8, 4) is 11.5 Å². The fraction of sp³-hybridized carbons (Fsp3) is 0.400. The molecule has 0 saturated heterocycles. The van der Waals surface area contributed by atoms with Crippen LogP contribution in [0.25, 0.3) is 0 Å². The standard InChI is InChI=1S/C10H13IO2/c1-7(2)8-4-9(12-3)6-10(5-8)13-11/h4-7H,1-3H3. The van der Waals surface area contributed by atoms with E-state index in [0.29, 0.717) is 5.92 Å². The Hall–Kier alpha value is -0.450. The third-order valence-electron chi connectivity index (χ3n) is 1.89. The first-order valence-corrected chi connectivity index (χ1v) is 5.03. The number of methoxy groups -OCH3 is 1. The molecular weight excluding hydrogens is 279 g/mol. The number of benzene rings is 1. The average molecular weight is 292 g/mol. The second-order valence-electron chi connectivity index (χ2n) is 3.17. The van der Waals surface area contributed by atoms with E-state index in [9.17, 15) is 0 Å². The Morgan fingerprint density at radius 3 is 2.23 bits per heavy atom. The smallest absolute Gasteiger partial charge is 0.192 e. The molecule has 0 aromatic heterocycles. The predicted octanol–water partition coefficient (Wildman–Crippen LogP) is 3.55. The van der Waals surface area contributed by atoms with E-state index in [1.807, 2.05) is 41.2 Å². The van der Waals surface area contributed by atoms with E-state index in [0.717, 1.165) is 11.5 Å². The van der Waals surface area contributed by atoms with Gasteiger partial charge in [0.25, 0.3) is 0 Å². The molecule has 0 atom stereocenters. The van der Waals surface area contributed by atoms with Crippen LogP contribution >= 0.6 is 23.0 Å². The lowest BCUT2D eigenvalue weighted by molar-refractivity contribution is 0.412. The number of hydrogen-bond acceptors (Lipinski definition) is 2. The first-order valence-electron chi connectivity index (χ1n) is 4.15. The fourth-order valence-corrected chi connectivity index (χ4v) is 1.34. The molecule has 0 aliphatic heterocycles. The minimum absolute atomic E-state index is 0.486. The van der Waals surface area contributed by atoms with Crippen LogP contribution in [-0.4, -0.2) is 7.11 Å². The summed E-state index contributed by atoms with van der Waals surface area (Å²) in [6.45, 7) is 4.29. The van der Waals surface area contributed by atoms with Crippen molar-refractivity contribution < 1.29 is 7.80 Å². The Balaban J connectivity index is 3.07. The van der Waals surface area contributed by atoms with E-state index in [4.69, 9.17) is 7.80 Å². The topological polar surface area (TPSA) is 18.5 Å². The molecule has 72 valence electrons. The van der Waals surface area contributed by atoms with Gasteiger partial charge in [-0.1, -0.05) is 13.8 Å². The Morgan fingerprint density at radius 1 is 1.15 bits per heavy atom. The normalized spacial score (nSPS) is 10.2. The summed E-state index contributed by atoms with van der Waals surface area (Å²) in [5.41, 5.74) is 1.23. The summed E-state index contributed by atoms with van der Waals surface area (Å²) in [6.07, 6.45) is 0. The average Bonchev–Trinajstić information content (AvgIpc) is 2.16. The molecule has 13 heavy (non-hydrogen) atoms. The molecule has 0 heterocycles. The van der Waals surface area contributed by atoms with Crippen LogP contribution in [0.3, 0.4) is 0 Å². The van der Waals surface area contributed by atoms with Gasteiger partial charge < -0.3 is 7.80 Å². The molecule has 0 N–H and O–H groups in total. The van der Waals surface area contributed by atoms with Gasteiger partial charge in [0.1, 0.15) is 11.5 Å². The van der Waals surface area contributed by atoms with Gasteiger partial charge >= 0.3 is 0 Å². The van der Waals surface area contributed by atoms with Crippen LogP contribution < -0.4 is 7.80 Å². The highest BCUT2D eigenvalue weighted by molar-refractivity contribution is 14.1. The number of hydrogen-bond donors (Lipinski definition) is 0. The summed E-state index contributed by atoms with van der Waals surface area (Å²) in [5.74, 6) is 2.17. The molecule has 3 heteroatoms. The van der Waals surface area contributed by atoms with Crippen LogP contribution in [-0.2, 0) is 0 Å². The molecular formula is C10H13IO2. The lowest BCUT2D eigenvalue weighted by Crippen LogP contribution is -1.90. The zero-order valence-corrected chi connectivity index (χ0v) is 10.2. The van der Waals surface area contributed by atoms with Gasteiger partial charge in [-0.25, -0.2) is 0 Å². The zero-order valence-electron chi connectivity index (χ0n) is 8.00. The summed E-state index contributed by atoms with van der Waals surface area (Å²) in [6, 6.07) is 5.93. The van der Waals surface area contributed by atoms with Crippen molar-refractivity contribution in [3.63, 3.8) is 0 Å². The zero-order chi connectivity index (χ0) is 9.84. The SMILES string of the molecule is COc1cc(OI)cc(C(C)C)c1. The molecule has 0 saturated carbocycles. The Labute approximate surface area is 92.9 Å². The molecule has 1 aromatic rings. The summed E-state index contributed by atoms with van der Waals surface area (Å²) in [4.78, 5) is 0. The van der Waals surface area contributed by atoms with Crippen molar-refractivity contribution in [3.05, 3.63) is 23.8 Å². The van der Waals surface area contributed by atoms with Crippen LogP contribution in [0.15, 0.2) is 18.2 Å². The minimum Gasteiger partial charge on any atom is -0.497 e. The van der Waals surface area contributed by atoms with E-state index in [-0.39, 0.29) is 0 Å². The number of ether oxygens (including phenoxy) is 1. The third-order valence-corrected chi connectivity index (χ3v) is 2.40. The molecule has 0 spiro atoms. The van der Waals surface area contributed by atoms with E-state index < -0.39 is 0 Å². The fourth-order valence-electron chi connectivity index (χ4n) is 1.09. The van der Waals surface area contributed by atoms with Crippen LogP contribution in [0, 0.1) is 0 Å². The highest BCUT2D eigenvalue weighted by atomic mass is 127. The van der Waals surface area contributed by atoms with Gasteiger partial charge in [0.05, 0.1) is 7.11 Å². The summed E-state index contributed by atoms with van der Waals surface area (Å²) in [5, 5.41) is 0. The number of halogens is 1. The van der Waals surface area contributed by atoms with E-state index in [1.165, 1.54) is 5.56 Å². The molecule has 0 aliphatic rings. The van der Waals surface area contributed by atoms with Crippen LogP contribution in [0.2, 0.25) is 0 Å². The first-order chi connectivity index (χ1) is 6.17. The van der Waals surface area contributed by atoms with Crippen molar-refractivity contribution in [1.82, 2.24) is 0 Å². The second-order valence-corrected chi connectivity index (χ2v) is 3.61. The molecule has 0 amide bonds. The minimum atomic E-state index is 0.486. The Bertz CT molecular complexity index is 262. The van der Waals surface area contributed by atoms with Crippen molar-refractivity contribution in [2.24, 2.45) is 0 Å². The first kappa shape index (κ1) is 10.6. The summed E-state index contributed by atoms with van der Waals surface area (Å²) >= 11 is 1.87. The van der Waals surface area contributed by atoms with E-state index >= 15 is 0 Å². The molecule has 0 fully saturated rings. The van der Waals surface area contributed by atoms with Crippen LogP contribution in [0.1, 0.15) is 25.3 Å². The lowest BCUT2D eigenvalue weighted by atomic mass is 10.0. The Kier molecular flexibility index (Phi) is 3.84. The lowest BCUT2D eigenvalue weighted by Gasteiger charge is -2.09. The van der Waals surface area contributed by atoms with Crippen molar-refractivity contribution in [2.45, 2.75) is 19.8 Å². The summed E-state index contributed by atoms with van der Waals surface area (Å²) in [7, 11) is 1.66. The molecule has 1 aromatic carbocycles.